The van der Waals surface area contributed by atoms with Gasteiger partial charge in [-0.2, -0.15) is 4.98 Å². The first kappa shape index (κ1) is 16.6. The first-order valence-electron chi connectivity index (χ1n) is 8.44. The minimum absolute atomic E-state index is 0.257. The van der Waals surface area contributed by atoms with Crippen molar-refractivity contribution in [1.29, 1.82) is 0 Å². The summed E-state index contributed by atoms with van der Waals surface area (Å²) in [7, 11) is 3.92. The fraction of sp³-hybridized carbons (Fsp3) is 0.500. The smallest absolute Gasteiger partial charge is 0.226 e. The van der Waals surface area contributed by atoms with Crippen LogP contribution in [0.5, 0.6) is 0 Å². The van der Waals surface area contributed by atoms with Gasteiger partial charge >= 0.3 is 0 Å². The molecule has 1 saturated heterocycles. The molecule has 1 aliphatic heterocycles. The van der Waals surface area contributed by atoms with Crippen LogP contribution in [0.3, 0.4) is 0 Å². The molecule has 3 heterocycles. The quantitative estimate of drug-likeness (QED) is 0.877. The van der Waals surface area contributed by atoms with Crippen molar-refractivity contribution in [3.8, 4) is 0 Å². The third-order valence-electron chi connectivity index (χ3n) is 4.31. The van der Waals surface area contributed by atoms with Crippen molar-refractivity contribution in [3.05, 3.63) is 41.9 Å². The highest BCUT2D eigenvalue weighted by Gasteiger charge is 2.28. The Kier molecular flexibility index (Phi) is 5.25. The van der Waals surface area contributed by atoms with Gasteiger partial charge in [-0.05, 0) is 30.5 Å². The van der Waals surface area contributed by atoms with Crippen LogP contribution in [-0.4, -0.2) is 48.3 Å². The molecule has 1 fully saturated rings. The number of nitrogens with one attached hydrogen (secondary N) is 1. The first-order chi connectivity index (χ1) is 11.7. The van der Waals surface area contributed by atoms with E-state index < -0.39 is 0 Å². The number of ether oxygens (including phenoxy) is 1. The van der Waals surface area contributed by atoms with Crippen LogP contribution in [-0.2, 0) is 17.6 Å². The summed E-state index contributed by atoms with van der Waals surface area (Å²) in [6, 6.07) is 6.43. The monoisotopic (exact) mass is 327 g/mol. The van der Waals surface area contributed by atoms with E-state index in [1.165, 1.54) is 5.56 Å². The molecule has 0 unspecified atom stereocenters. The Morgan fingerprint density at radius 1 is 1.21 bits per heavy atom. The van der Waals surface area contributed by atoms with Gasteiger partial charge in [0.05, 0.1) is 19.3 Å². The lowest BCUT2D eigenvalue weighted by Crippen LogP contribution is -2.30. The second-order valence-electron chi connectivity index (χ2n) is 6.40. The molecular formula is C18H25N5O. The van der Waals surface area contributed by atoms with Crippen molar-refractivity contribution >= 4 is 11.8 Å². The van der Waals surface area contributed by atoms with Crippen molar-refractivity contribution < 1.29 is 4.74 Å². The van der Waals surface area contributed by atoms with Crippen molar-refractivity contribution in [2.24, 2.45) is 5.92 Å². The molecule has 1 aliphatic rings. The van der Waals surface area contributed by atoms with Crippen LogP contribution in [0.25, 0.3) is 0 Å². The lowest BCUT2D eigenvalue weighted by molar-refractivity contribution is 0.185. The van der Waals surface area contributed by atoms with E-state index in [4.69, 9.17) is 4.74 Å². The van der Waals surface area contributed by atoms with Crippen molar-refractivity contribution in [2.75, 3.05) is 37.5 Å². The maximum atomic E-state index is 5.72. The lowest BCUT2D eigenvalue weighted by Gasteiger charge is -2.21. The fourth-order valence-corrected chi connectivity index (χ4v) is 2.91. The Hall–Kier alpha value is -2.21. The van der Waals surface area contributed by atoms with Gasteiger partial charge < -0.3 is 15.0 Å². The Balaban J connectivity index is 1.73. The van der Waals surface area contributed by atoms with Crippen molar-refractivity contribution in [2.45, 2.75) is 25.8 Å². The lowest BCUT2D eigenvalue weighted by atomic mass is 9.95. The number of rotatable bonds is 6. The molecule has 2 aromatic rings. The molecule has 0 amide bonds. The summed E-state index contributed by atoms with van der Waals surface area (Å²) in [5, 5.41) is 3.56. The number of pyridine rings is 1. The Bertz CT molecular complexity index is 662. The summed E-state index contributed by atoms with van der Waals surface area (Å²) in [6.45, 7) is 3.58. The Morgan fingerprint density at radius 3 is 2.71 bits per heavy atom. The summed E-state index contributed by atoms with van der Waals surface area (Å²) in [6.07, 6.45) is 5.55. The number of anilines is 2. The van der Waals surface area contributed by atoms with Gasteiger partial charge in [0.25, 0.3) is 0 Å². The number of hydrogen-bond acceptors (Lipinski definition) is 6. The van der Waals surface area contributed by atoms with Crippen LogP contribution in [0.1, 0.15) is 18.2 Å². The van der Waals surface area contributed by atoms with Crippen LogP contribution in [0.4, 0.5) is 11.8 Å². The topological polar surface area (TPSA) is 63.2 Å². The highest BCUT2D eigenvalue weighted by molar-refractivity contribution is 5.44. The van der Waals surface area contributed by atoms with Gasteiger partial charge in [-0.3, -0.25) is 4.98 Å². The van der Waals surface area contributed by atoms with E-state index in [2.05, 4.69) is 39.3 Å². The van der Waals surface area contributed by atoms with Crippen LogP contribution < -0.4 is 10.2 Å². The highest BCUT2D eigenvalue weighted by Crippen LogP contribution is 2.23. The molecule has 3 rings (SSSR count). The van der Waals surface area contributed by atoms with E-state index in [1.54, 1.807) is 0 Å². The fourth-order valence-electron chi connectivity index (χ4n) is 2.91. The molecule has 128 valence electrons. The van der Waals surface area contributed by atoms with Gasteiger partial charge in [-0.25, -0.2) is 4.98 Å². The molecule has 0 spiro atoms. The van der Waals surface area contributed by atoms with Crippen molar-refractivity contribution in [1.82, 2.24) is 15.0 Å². The predicted molar refractivity (Wildman–Crippen MR) is 95.4 cm³/mol. The highest BCUT2D eigenvalue weighted by atomic mass is 16.5. The van der Waals surface area contributed by atoms with E-state index in [0.717, 1.165) is 36.9 Å². The first-order valence-corrected chi connectivity index (χ1v) is 8.44. The van der Waals surface area contributed by atoms with E-state index in [1.807, 2.05) is 37.5 Å². The second kappa shape index (κ2) is 7.57. The molecular weight excluding hydrogens is 302 g/mol. The number of hydrogen-bond donors (Lipinski definition) is 1. The SMILES string of the molecule is CCc1cc(N[C@H]2COC[C@H]2Cc2ccncc2)nc(N(C)C)n1. The van der Waals surface area contributed by atoms with Crippen molar-refractivity contribution in [3.63, 3.8) is 0 Å². The summed E-state index contributed by atoms with van der Waals surface area (Å²) in [5.74, 6) is 2.04. The molecule has 6 nitrogen and oxygen atoms in total. The number of aryl methyl sites for hydroxylation is 1. The number of aromatic nitrogens is 3. The summed E-state index contributed by atoms with van der Waals surface area (Å²) >= 11 is 0. The van der Waals surface area contributed by atoms with Gasteiger partial charge in [0.15, 0.2) is 0 Å². The molecule has 2 aromatic heterocycles. The van der Waals surface area contributed by atoms with E-state index in [0.29, 0.717) is 12.5 Å². The predicted octanol–water partition coefficient (Wildman–Crippen LogP) is 2.17. The maximum Gasteiger partial charge on any atom is 0.226 e. The van der Waals surface area contributed by atoms with Gasteiger partial charge in [-0.1, -0.05) is 6.92 Å². The van der Waals surface area contributed by atoms with Gasteiger partial charge in [0, 0.05) is 44.2 Å². The third-order valence-corrected chi connectivity index (χ3v) is 4.31. The average molecular weight is 327 g/mol. The molecule has 0 bridgehead atoms. The number of nitrogens with zero attached hydrogens (tertiary/aromatic N) is 4. The minimum Gasteiger partial charge on any atom is -0.379 e. The standard InChI is InChI=1S/C18H25N5O/c1-4-15-10-17(22-18(20-15)23(2)3)21-16-12-24-11-14(16)9-13-5-7-19-8-6-13/h5-8,10,14,16H,4,9,11-12H2,1-3H3,(H,20,21,22)/t14-,16+/m1/s1. The zero-order chi connectivity index (χ0) is 16.9. The van der Waals surface area contributed by atoms with Crippen LogP contribution in [0, 0.1) is 5.92 Å². The van der Waals surface area contributed by atoms with E-state index in [-0.39, 0.29) is 6.04 Å². The largest absolute Gasteiger partial charge is 0.379 e. The van der Waals surface area contributed by atoms with E-state index in [9.17, 15) is 0 Å². The molecule has 0 saturated carbocycles. The average Bonchev–Trinajstić information content (AvgIpc) is 3.02. The molecule has 1 N–H and O–H groups in total. The summed E-state index contributed by atoms with van der Waals surface area (Å²) in [5.41, 5.74) is 2.33. The van der Waals surface area contributed by atoms with Crippen LogP contribution in [0.2, 0.25) is 0 Å². The molecule has 0 radical (unpaired) electrons. The summed E-state index contributed by atoms with van der Waals surface area (Å²) in [4.78, 5) is 15.2. The molecule has 0 aliphatic carbocycles. The Labute approximate surface area is 143 Å². The minimum atomic E-state index is 0.257. The molecule has 6 heteroatoms. The zero-order valence-electron chi connectivity index (χ0n) is 14.6. The van der Waals surface area contributed by atoms with Gasteiger partial charge in [0.2, 0.25) is 5.95 Å². The van der Waals surface area contributed by atoms with E-state index >= 15 is 0 Å². The maximum absolute atomic E-state index is 5.72. The Morgan fingerprint density at radius 2 is 2.00 bits per heavy atom. The molecule has 2 atom stereocenters. The van der Waals surface area contributed by atoms with Gasteiger partial charge in [0.1, 0.15) is 5.82 Å². The molecule has 24 heavy (non-hydrogen) atoms. The normalized spacial score (nSPS) is 20.1. The van der Waals surface area contributed by atoms with Crippen LogP contribution >= 0.6 is 0 Å². The summed E-state index contributed by atoms with van der Waals surface area (Å²) < 4.78 is 5.72. The third kappa shape index (κ3) is 4.00. The zero-order valence-corrected chi connectivity index (χ0v) is 14.6. The second-order valence-corrected chi connectivity index (χ2v) is 6.40. The van der Waals surface area contributed by atoms with Gasteiger partial charge in [-0.15, -0.1) is 0 Å². The van der Waals surface area contributed by atoms with Crippen LogP contribution in [0.15, 0.2) is 30.6 Å². The molecule has 0 aromatic carbocycles.